The lowest BCUT2D eigenvalue weighted by Crippen LogP contribution is -2.14. The van der Waals surface area contributed by atoms with Gasteiger partial charge in [-0.1, -0.05) is 22.0 Å². The molecule has 1 heterocycles. The fourth-order valence-corrected chi connectivity index (χ4v) is 2.35. The van der Waals surface area contributed by atoms with Crippen LogP contribution in [0.3, 0.4) is 0 Å². The quantitative estimate of drug-likeness (QED) is 0.946. The Kier molecular flexibility index (Phi) is 3.59. The number of nitrogens with zero attached hydrogens (tertiary/aromatic N) is 2. The first kappa shape index (κ1) is 12.3. The summed E-state index contributed by atoms with van der Waals surface area (Å²) in [5.74, 6) is -0.273. The van der Waals surface area contributed by atoms with Crippen molar-refractivity contribution in [2.24, 2.45) is 12.8 Å². The average Bonchev–Trinajstić information content (AvgIpc) is 2.63. The van der Waals surface area contributed by atoms with Crippen LogP contribution in [0.2, 0.25) is 0 Å². The molecule has 0 radical (unpaired) electrons. The molecule has 0 aliphatic rings. The van der Waals surface area contributed by atoms with E-state index in [1.54, 1.807) is 10.7 Å². The van der Waals surface area contributed by atoms with Crippen molar-refractivity contribution in [1.29, 1.82) is 0 Å². The largest absolute Gasteiger partial charge is 0.324 e. The van der Waals surface area contributed by atoms with Crippen molar-refractivity contribution in [1.82, 2.24) is 9.78 Å². The van der Waals surface area contributed by atoms with Crippen LogP contribution in [0.5, 0.6) is 0 Å². The molecular formula is C12H13BrFN3. The summed E-state index contributed by atoms with van der Waals surface area (Å²) in [4.78, 5) is 0. The van der Waals surface area contributed by atoms with E-state index in [0.717, 1.165) is 11.3 Å². The summed E-state index contributed by atoms with van der Waals surface area (Å²) in [7, 11) is 1.86. The number of nitrogens with two attached hydrogens (primary N) is 1. The maximum atomic E-state index is 13.0. The summed E-state index contributed by atoms with van der Waals surface area (Å²) in [5, 5.41) is 4.27. The first-order valence-electron chi connectivity index (χ1n) is 5.25. The van der Waals surface area contributed by atoms with Gasteiger partial charge in [0.15, 0.2) is 0 Å². The molecular weight excluding hydrogens is 285 g/mol. The fourth-order valence-electron chi connectivity index (χ4n) is 1.71. The number of hydrogen-bond donors (Lipinski definition) is 1. The van der Waals surface area contributed by atoms with Gasteiger partial charge in [0.1, 0.15) is 5.82 Å². The molecule has 17 heavy (non-hydrogen) atoms. The Morgan fingerprint density at radius 2 is 2.24 bits per heavy atom. The van der Waals surface area contributed by atoms with Gasteiger partial charge in [0, 0.05) is 30.2 Å². The third-order valence-corrected chi connectivity index (χ3v) is 3.25. The molecule has 0 bridgehead atoms. The molecule has 0 amide bonds. The molecule has 1 atom stereocenters. The second-order valence-corrected chi connectivity index (χ2v) is 4.81. The lowest BCUT2D eigenvalue weighted by atomic mass is 10.0. The van der Waals surface area contributed by atoms with Crippen LogP contribution in [0.1, 0.15) is 17.3 Å². The lowest BCUT2D eigenvalue weighted by Gasteiger charge is -2.12. The van der Waals surface area contributed by atoms with Gasteiger partial charge >= 0.3 is 0 Å². The van der Waals surface area contributed by atoms with Crippen molar-refractivity contribution in [3.05, 3.63) is 52.0 Å². The van der Waals surface area contributed by atoms with Gasteiger partial charge in [0.05, 0.1) is 5.69 Å². The number of rotatable bonds is 3. The molecule has 2 rings (SSSR count). The Hall–Kier alpha value is -1.20. The van der Waals surface area contributed by atoms with E-state index in [0.29, 0.717) is 10.9 Å². The molecule has 0 aliphatic carbocycles. The molecule has 0 fully saturated rings. The van der Waals surface area contributed by atoms with Crippen molar-refractivity contribution < 1.29 is 4.39 Å². The standard InChI is InChI=1S/C12H13BrFN3/c1-17-5-4-9(16-17)7-12(15)10-3-2-8(14)6-11(10)13/h2-6,12H,7,15H2,1H3. The van der Waals surface area contributed by atoms with Gasteiger partial charge in [0.25, 0.3) is 0 Å². The highest BCUT2D eigenvalue weighted by atomic mass is 79.9. The van der Waals surface area contributed by atoms with Crippen molar-refractivity contribution in [2.45, 2.75) is 12.5 Å². The van der Waals surface area contributed by atoms with E-state index in [-0.39, 0.29) is 11.9 Å². The normalized spacial score (nSPS) is 12.7. The first-order chi connectivity index (χ1) is 8.06. The lowest BCUT2D eigenvalue weighted by molar-refractivity contribution is 0.621. The van der Waals surface area contributed by atoms with Crippen LogP contribution in [-0.4, -0.2) is 9.78 Å². The van der Waals surface area contributed by atoms with Gasteiger partial charge in [-0.2, -0.15) is 5.10 Å². The Labute approximate surface area is 108 Å². The second-order valence-electron chi connectivity index (χ2n) is 3.96. The Bertz CT molecular complexity index is 524. The van der Waals surface area contributed by atoms with Crippen LogP contribution in [0, 0.1) is 5.82 Å². The molecule has 5 heteroatoms. The van der Waals surface area contributed by atoms with Crippen LogP contribution in [0.25, 0.3) is 0 Å². The van der Waals surface area contributed by atoms with Crippen molar-refractivity contribution in [3.63, 3.8) is 0 Å². The number of aryl methyl sites for hydroxylation is 1. The van der Waals surface area contributed by atoms with Gasteiger partial charge in [-0.3, -0.25) is 4.68 Å². The monoisotopic (exact) mass is 297 g/mol. The molecule has 3 nitrogen and oxygen atoms in total. The van der Waals surface area contributed by atoms with Crippen LogP contribution < -0.4 is 5.73 Å². The number of hydrogen-bond acceptors (Lipinski definition) is 2. The molecule has 0 saturated heterocycles. The van der Waals surface area contributed by atoms with Gasteiger partial charge in [0.2, 0.25) is 0 Å². The third kappa shape index (κ3) is 2.92. The first-order valence-corrected chi connectivity index (χ1v) is 6.04. The topological polar surface area (TPSA) is 43.8 Å². The SMILES string of the molecule is Cn1ccc(CC(N)c2ccc(F)cc2Br)n1. The Balaban J connectivity index is 2.17. The minimum Gasteiger partial charge on any atom is -0.324 e. The highest BCUT2D eigenvalue weighted by molar-refractivity contribution is 9.10. The molecule has 2 aromatic rings. The van der Waals surface area contributed by atoms with Crippen LogP contribution in [-0.2, 0) is 13.5 Å². The van der Waals surface area contributed by atoms with Gasteiger partial charge in [-0.15, -0.1) is 0 Å². The zero-order valence-electron chi connectivity index (χ0n) is 9.40. The van der Waals surface area contributed by atoms with Crippen molar-refractivity contribution >= 4 is 15.9 Å². The Morgan fingerprint density at radius 1 is 1.47 bits per heavy atom. The predicted octanol–water partition coefficient (Wildman–Crippen LogP) is 2.56. The van der Waals surface area contributed by atoms with Crippen LogP contribution in [0.15, 0.2) is 34.9 Å². The summed E-state index contributed by atoms with van der Waals surface area (Å²) < 4.78 is 15.4. The van der Waals surface area contributed by atoms with E-state index in [9.17, 15) is 4.39 Å². The highest BCUT2D eigenvalue weighted by Crippen LogP contribution is 2.24. The van der Waals surface area contributed by atoms with Crippen LogP contribution in [0.4, 0.5) is 4.39 Å². The number of aromatic nitrogens is 2. The van der Waals surface area contributed by atoms with Crippen LogP contribution >= 0.6 is 15.9 Å². The summed E-state index contributed by atoms with van der Waals surface area (Å²) >= 11 is 3.32. The summed E-state index contributed by atoms with van der Waals surface area (Å²) in [5.41, 5.74) is 7.90. The molecule has 0 aliphatic heterocycles. The minimum absolute atomic E-state index is 0.195. The average molecular weight is 298 g/mol. The van der Waals surface area contributed by atoms with Gasteiger partial charge in [-0.25, -0.2) is 4.39 Å². The van der Waals surface area contributed by atoms with Crippen molar-refractivity contribution in [3.8, 4) is 0 Å². The van der Waals surface area contributed by atoms with Crippen molar-refractivity contribution in [2.75, 3.05) is 0 Å². The van der Waals surface area contributed by atoms with E-state index >= 15 is 0 Å². The van der Waals surface area contributed by atoms with E-state index < -0.39 is 0 Å². The summed E-state index contributed by atoms with van der Waals surface area (Å²) in [6.07, 6.45) is 2.51. The van der Waals surface area contributed by atoms with Gasteiger partial charge in [-0.05, 0) is 23.8 Å². The van der Waals surface area contributed by atoms with E-state index in [2.05, 4.69) is 21.0 Å². The smallest absolute Gasteiger partial charge is 0.124 e. The van der Waals surface area contributed by atoms with E-state index in [1.165, 1.54) is 12.1 Å². The molecule has 0 saturated carbocycles. The molecule has 1 aromatic heterocycles. The number of benzene rings is 1. The minimum atomic E-state index is -0.273. The molecule has 1 aromatic carbocycles. The van der Waals surface area contributed by atoms with E-state index in [4.69, 9.17) is 5.73 Å². The molecule has 90 valence electrons. The number of halogens is 2. The fraction of sp³-hybridized carbons (Fsp3) is 0.250. The highest BCUT2D eigenvalue weighted by Gasteiger charge is 2.12. The molecule has 0 spiro atoms. The Morgan fingerprint density at radius 3 is 2.82 bits per heavy atom. The van der Waals surface area contributed by atoms with E-state index in [1.807, 2.05) is 19.3 Å². The summed E-state index contributed by atoms with van der Waals surface area (Å²) in [6.45, 7) is 0. The predicted molar refractivity (Wildman–Crippen MR) is 67.9 cm³/mol. The zero-order valence-corrected chi connectivity index (χ0v) is 11.0. The maximum Gasteiger partial charge on any atom is 0.124 e. The molecule has 2 N–H and O–H groups in total. The summed E-state index contributed by atoms with van der Waals surface area (Å²) in [6, 6.07) is 6.27. The zero-order chi connectivity index (χ0) is 12.4. The molecule has 1 unspecified atom stereocenters. The third-order valence-electron chi connectivity index (χ3n) is 2.56. The van der Waals surface area contributed by atoms with Gasteiger partial charge < -0.3 is 5.73 Å². The second kappa shape index (κ2) is 4.98. The maximum absolute atomic E-state index is 13.0.